The van der Waals surface area contributed by atoms with E-state index in [0.29, 0.717) is 5.96 Å². The van der Waals surface area contributed by atoms with Gasteiger partial charge in [-0.05, 0) is 36.1 Å². The van der Waals surface area contributed by atoms with Gasteiger partial charge in [0.05, 0.1) is 0 Å². The van der Waals surface area contributed by atoms with Crippen LogP contribution >= 0.6 is 0 Å². The zero-order chi connectivity index (χ0) is 17.5. The van der Waals surface area contributed by atoms with Crippen molar-refractivity contribution in [3.63, 3.8) is 0 Å². The average Bonchev–Trinajstić information content (AvgIpc) is 3.04. The summed E-state index contributed by atoms with van der Waals surface area (Å²) in [4.78, 5) is 3.92. The van der Waals surface area contributed by atoms with Gasteiger partial charge in [-0.2, -0.15) is 0 Å². The topological polar surface area (TPSA) is 63.5 Å². The van der Waals surface area contributed by atoms with Crippen molar-refractivity contribution in [1.29, 1.82) is 0 Å². The summed E-state index contributed by atoms with van der Waals surface area (Å²) in [7, 11) is 1.67. The van der Waals surface area contributed by atoms with Crippen LogP contribution in [-0.2, 0) is 12.8 Å². The maximum Gasteiger partial charge on any atom is 0.188 e. The standard InChI is InChI=1S/C20H25N3O/c1-5-14-9-8-10-17(16(14)11-12-23-20(21)22-4)19-13-15(6-2)18(7-3)24-19/h6-10,13H,2-3,5,11-12H2,1,4H3,(H3,21,22,23). The van der Waals surface area contributed by atoms with Crippen molar-refractivity contribution in [3.8, 4) is 11.3 Å². The molecule has 0 atom stereocenters. The lowest BCUT2D eigenvalue weighted by molar-refractivity contribution is 0.570. The van der Waals surface area contributed by atoms with Crippen LogP contribution in [0.25, 0.3) is 23.5 Å². The molecule has 0 aliphatic rings. The van der Waals surface area contributed by atoms with Crippen molar-refractivity contribution in [2.24, 2.45) is 10.7 Å². The van der Waals surface area contributed by atoms with Gasteiger partial charge in [0.1, 0.15) is 11.5 Å². The van der Waals surface area contributed by atoms with Crippen LogP contribution in [-0.4, -0.2) is 19.6 Å². The molecule has 0 saturated heterocycles. The number of benzene rings is 1. The molecule has 0 bridgehead atoms. The second-order valence-corrected chi connectivity index (χ2v) is 5.42. The number of furan rings is 1. The second kappa shape index (κ2) is 8.20. The van der Waals surface area contributed by atoms with E-state index in [1.54, 1.807) is 19.2 Å². The zero-order valence-corrected chi connectivity index (χ0v) is 14.4. The van der Waals surface area contributed by atoms with Crippen molar-refractivity contribution < 1.29 is 4.42 Å². The molecule has 0 fully saturated rings. The fraction of sp³-hybridized carbons (Fsp3) is 0.250. The lowest BCUT2D eigenvalue weighted by atomic mass is 9.95. The summed E-state index contributed by atoms with van der Waals surface area (Å²) >= 11 is 0. The molecule has 2 aromatic rings. The smallest absolute Gasteiger partial charge is 0.188 e. The Kier molecular flexibility index (Phi) is 6.01. The molecule has 1 aromatic heterocycles. The van der Waals surface area contributed by atoms with Gasteiger partial charge in [0.2, 0.25) is 0 Å². The maximum absolute atomic E-state index is 5.97. The first-order valence-corrected chi connectivity index (χ1v) is 8.10. The highest BCUT2D eigenvalue weighted by Gasteiger charge is 2.14. The Morgan fingerprint density at radius 3 is 2.71 bits per heavy atom. The van der Waals surface area contributed by atoms with Gasteiger partial charge < -0.3 is 15.5 Å². The van der Waals surface area contributed by atoms with E-state index in [-0.39, 0.29) is 0 Å². The van der Waals surface area contributed by atoms with Gasteiger partial charge in [0.15, 0.2) is 5.96 Å². The van der Waals surface area contributed by atoms with Crippen LogP contribution in [0.2, 0.25) is 0 Å². The molecular formula is C20H25N3O. The number of rotatable bonds is 7. The van der Waals surface area contributed by atoms with Gasteiger partial charge in [-0.1, -0.05) is 44.4 Å². The van der Waals surface area contributed by atoms with E-state index in [2.05, 4.69) is 48.6 Å². The number of nitrogens with two attached hydrogens (primary N) is 1. The number of nitrogens with one attached hydrogen (secondary N) is 1. The van der Waals surface area contributed by atoms with Gasteiger partial charge >= 0.3 is 0 Å². The summed E-state index contributed by atoms with van der Waals surface area (Å²) in [5, 5.41) is 3.11. The van der Waals surface area contributed by atoms with Gasteiger partial charge in [-0.25, -0.2) is 0 Å². The van der Waals surface area contributed by atoms with Crippen molar-refractivity contribution in [3.05, 3.63) is 59.9 Å². The molecule has 0 radical (unpaired) electrons. The lowest BCUT2D eigenvalue weighted by Crippen LogP contribution is -2.33. The van der Waals surface area contributed by atoms with E-state index >= 15 is 0 Å². The summed E-state index contributed by atoms with van der Waals surface area (Å²) in [6.07, 6.45) is 5.30. The van der Waals surface area contributed by atoms with Crippen LogP contribution in [0.15, 0.2) is 46.8 Å². The van der Waals surface area contributed by atoms with Gasteiger partial charge in [-0.15, -0.1) is 0 Å². The molecule has 0 spiro atoms. The Labute approximate surface area is 143 Å². The van der Waals surface area contributed by atoms with Crippen LogP contribution in [0.1, 0.15) is 29.4 Å². The molecule has 2 rings (SSSR count). The fourth-order valence-corrected chi connectivity index (χ4v) is 2.76. The summed E-state index contributed by atoms with van der Waals surface area (Å²) in [5.41, 5.74) is 10.3. The molecule has 0 amide bonds. The highest BCUT2D eigenvalue weighted by molar-refractivity contribution is 5.77. The monoisotopic (exact) mass is 323 g/mol. The molecule has 1 aromatic carbocycles. The molecule has 0 aliphatic carbocycles. The highest BCUT2D eigenvalue weighted by atomic mass is 16.3. The van der Waals surface area contributed by atoms with Crippen molar-refractivity contribution in [1.82, 2.24) is 5.32 Å². The van der Waals surface area contributed by atoms with E-state index in [1.807, 2.05) is 6.07 Å². The summed E-state index contributed by atoms with van der Waals surface area (Å²) in [5.74, 6) is 2.03. The Balaban J connectivity index is 2.40. The van der Waals surface area contributed by atoms with Crippen LogP contribution in [0.3, 0.4) is 0 Å². The predicted octanol–water partition coefficient (Wildman–Crippen LogP) is 3.87. The minimum atomic E-state index is 0.450. The van der Waals surface area contributed by atoms with Crippen LogP contribution in [0.4, 0.5) is 0 Å². The van der Waals surface area contributed by atoms with Crippen molar-refractivity contribution in [2.75, 3.05) is 13.6 Å². The molecule has 4 heteroatoms. The first kappa shape index (κ1) is 17.6. The number of aliphatic imine (C=N–C) groups is 1. The molecule has 0 aliphatic heterocycles. The van der Waals surface area contributed by atoms with Crippen LogP contribution in [0, 0.1) is 0 Å². The van der Waals surface area contributed by atoms with Gasteiger partial charge in [0, 0.05) is 24.7 Å². The average molecular weight is 323 g/mol. The van der Waals surface area contributed by atoms with Gasteiger partial charge in [0.25, 0.3) is 0 Å². The molecule has 24 heavy (non-hydrogen) atoms. The fourth-order valence-electron chi connectivity index (χ4n) is 2.76. The van der Waals surface area contributed by atoms with Crippen molar-refractivity contribution >= 4 is 18.1 Å². The molecule has 126 valence electrons. The third-order valence-corrected chi connectivity index (χ3v) is 4.04. The molecule has 3 N–H and O–H groups in total. The normalized spacial score (nSPS) is 11.3. The lowest BCUT2D eigenvalue weighted by Gasteiger charge is -2.13. The number of aryl methyl sites for hydroxylation is 1. The zero-order valence-electron chi connectivity index (χ0n) is 14.4. The van der Waals surface area contributed by atoms with Crippen LogP contribution in [0.5, 0.6) is 0 Å². The third kappa shape index (κ3) is 3.77. The molecular weight excluding hydrogens is 298 g/mol. The third-order valence-electron chi connectivity index (χ3n) is 4.04. The van der Waals surface area contributed by atoms with E-state index in [1.165, 1.54) is 11.1 Å². The SMILES string of the molecule is C=Cc1cc(-c2cccc(CC)c2CCNC(N)=NC)oc1C=C. The largest absolute Gasteiger partial charge is 0.456 e. The second-order valence-electron chi connectivity index (χ2n) is 5.42. The van der Waals surface area contributed by atoms with E-state index in [9.17, 15) is 0 Å². The minimum absolute atomic E-state index is 0.450. The first-order chi connectivity index (χ1) is 11.6. The molecule has 4 nitrogen and oxygen atoms in total. The quantitative estimate of drug-likeness (QED) is 0.600. The van der Waals surface area contributed by atoms with Gasteiger partial charge in [-0.3, -0.25) is 4.99 Å². The summed E-state index contributed by atoms with van der Waals surface area (Å²) in [6.45, 7) is 10.5. The van der Waals surface area contributed by atoms with E-state index in [4.69, 9.17) is 10.2 Å². The molecule has 0 unspecified atom stereocenters. The Bertz CT molecular complexity index is 731. The predicted molar refractivity (Wildman–Crippen MR) is 103 cm³/mol. The number of hydrogen-bond donors (Lipinski definition) is 2. The highest BCUT2D eigenvalue weighted by Crippen LogP contribution is 2.31. The van der Waals surface area contributed by atoms with E-state index in [0.717, 1.165) is 42.0 Å². The maximum atomic E-state index is 5.97. The Morgan fingerprint density at radius 2 is 2.12 bits per heavy atom. The Hall–Kier alpha value is -2.75. The number of guanidine groups is 1. The summed E-state index contributed by atoms with van der Waals surface area (Å²) in [6, 6.07) is 8.32. The van der Waals surface area contributed by atoms with E-state index < -0.39 is 0 Å². The minimum Gasteiger partial charge on any atom is -0.456 e. The van der Waals surface area contributed by atoms with Crippen LogP contribution < -0.4 is 11.1 Å². The summed E-state index contributed by atoms with van der Waals surface area (Å²) < 4.78 is 5.97. The number of nitrogens with zero attached hydrogens (tertiary/aromatic N) is 1. The Morgan fingerprint density at radius 1 is 1.33 bits per heavy atom. The first-order valence-electron chi connectivity index (χ1n) is 8.10. The van der Waals surface area contributed by atoms with Crippen molar-refractivity contribution in [2.45, 2.75) is 19.8 Å². The molecule has 1 heterocycles. The number of hydrogen-bond acceptors (Lipinski definition) is 2. The molecule has 0 saturated carbocycles.